The molecule has 0 spiro atoms. The van der Waals surface area contributed by atoms with Gasteiger partial charge in [0.05, 0.1) is 12.7 Å². The number of fused-ring (bicyclic) bond motifs is 1. The molecule has 0 saturated carbocycles. The number of benzene rings is 2. The minimum absolute atomic E-state index is 0.231. The first-order chi connectivity index (χ1) is 13.6. The fourth-order valence-electron chi connectivity index (χ4n) is 2.92. The van der Waals surface area contributed by atoms with E-state index in [1.54, 1.807) is 7.05 Å². The average Bonchev–Trinajstić information content (AvgIpc) is 3.17. The summed E-state index contributed by atoms with van der Waals surface area (Å²) in [6.45, 7) is 6.52. The molecule has 3 rings (SSSR count). The van der Waals surface area contributed by atoms with Crippen LogP contribution in [0.15, 0.2) is 47.5 Å². The standard InChI is InChI=1S/C22H29N3O3/c1-16(2)26-14-19-6-4-5-18(11-19)13-25-22(23-3)24-10-9-17-7-8-20-21(12-17)28-15-27-20/h4-8,11-12,16H,9-10,13-15H2,1-3H3,(H2,23,24,25). The lowest BCUT2D eigenvalue weighted by molar-refractivity contribution is 0.0657. The molecule has 0 fully saturated rings. The van der Waals surface area contributed by atoms with Crippen LogP contribution in [-0.4, -0.2) is 32.4 Å². The van der Waals surface area contributed by atoms with Gasteiger partial charge in [-0.25, -0.2) is 0 Å². The summed E-state index contributed by atoms with van der Waals surface area (Å²) in [6.07, 6.45) is 1.11. The Bertz CT molecular complexity index is 805. The molecule has 6 nitrogen and oxygen atoms in total. The lowest BCUT2D eigenvalue weighted by Gasteiger charge is -2.13. The maximum absolute atomic E-state index is 5.68. The third kappa shape index (κ3) is 5.89. The molecule has 0 bridgehead atoms. The molecule has 0 atom stereocenters. The summed E-state index contributed by atoms with van der Waals surface area (Å²) < 4.78 is 16.5. The van der Waals surface area contributed by atoms with E-state index in [0.29, 0.717) is 19.9 Å². The predicted octanol–water partition coefficient (Wildman–Crippen LogP) is 3.25. The van der Waals surface area contributed by atoms with Crippen LogP contribution in [0.3, 0.4) is 0 Å². The second kappa shape index (κ2) is 9.99. The number of aliphatic imine (C=N–C) groups is 1. The first-order valence-corrected chi connectivity index (χ1v) is 9.66. The van der Waals surface area contributed by atoms with Gasteiger partial charge in [-0.2, -0.15) is 0 Å². The lowest BCUT2D eigenvalue weighted by atomic mass is 10.1. The molecule has 2 aromatic rings. The highest BCUT2D eigenvalue weighted by atomic mass is 16.7. The molecule has 6 heteroatoms. The highest BCUT2D eigenvalue weighted by molar-refractivity contribution is 5.79. The van der Waals surface area contributed by atoms with Crippen molar-refractivity contribution in [3.63, 3.8) is 0 Å². The van der Waals surface area contributed by atoms with Gasteiger partial charge in [0, 0.05) is 20.1 Å². The summed E-state index contributed by atoms with van der Waals surface area (Å²) in [7, 11) is 1.78. The van der Waals surface area contributed by atoms with Crippen LogP contribution in [0.5, 0.6) is 11.5 Å². The van der Waals surface area contributed by atoms with Gasteiger partial charge < -0.3 is 24.8 Å². The van der Waals surface area contributed by atoms with Gasteiger partial charge in [0.15, 0.2) is 17.5 Å². The first kappa shape index (κ1) is 20.0. The van der Waals surface area contributed by atoms with Crippen molar-refractivity contribution >= 4 is 5.96 Å². The molecule has 28 heavy (non-hydrogen) atoms. The average molecular weight is 383 g/mol. The SMILES string of the molecule is CN=C(NCCc1ccc2c(c1)OCO2)NCc1cccc(COC(C)C)c1. The Labute approximate surface area is 166 Å². The van der Waals surface area contributed by atoms with Gasteiger partial charge in [-0.05, 0) is 49.1 Å². The Morgan fingerprint density at radius 3 is 2.68 bits per heavy atom. The van der Waals surface area contributed by atoms with Crippen molar-refractivity contribution in [2.45, 2.75) is 39.5 Å². The Hall–Kier alpha value is -2.73. The van der Waals surface area contributed by atoms with Crippen LogP contribution in [0, 0.1) is 0 Å². The number of hydrogen-bond donors (Lipinski definition) is 2. The minimum Gasteiger partial charge on any atom is -0.454 e. The first-order valence-electron chi connectivity index (χ1n) is 9.66. The monoisotopic (exact) mass is 383 g/mol. The summed E-state index contributed by atoms with van der Waals surface area (Å²) in [6, 6.07) is 14.5. The van der Waals surface area contributed by atoms with E-state index < -0.39 is 0 Å². The molecule has 0 radical (unpaired) electrons. The topological polar surface area (TPSA) is 64.1 Å². The maximum atomic E-state index is 5.68. The van der Waals surface area contributed by atoms with Crippen molar-refractivity contribution in [3.8, 4) is 11.5 Å². The van der Waals surface area contributed by atoms with Gasteiger partial charge >= 0.3 is 0 Å². The zero-order chi connectivity index (χ0) is 19.8. The Morgan fingerprint density at radius 2 is 1.86 bits per heavy atom. The molecule has 2 N–H and O–H groups in total. The summed E-state index contributed by atoms with van der Waals surface area (Å²) >= 11 is 0. The Balaban J connectivity index is 1.44. The van der Waals surface area contributed by atoms with Crippen LogP contribution in [0.4, 0.5) is 0 Å². The number of guanidine groups is 1. The summed E-state index contributed by atoms with van der Waals surface area (Å²) in [5.41, 5.74) is 3.58. The second-order valence-corrected chi connectivity index (χ2v) is 6.97. The van der Waals surface area contributed by atoms with Crippen molar-refractivity contribution in [3.05, 3.63) is 59.2 Å². The molecule has 0 amide bonds. The molecule has 1 aliphatic heterocycles. The molecule has 0 unspecified atom stereocenters. The van der Waals surface area contributed by atoms with Gasteiger partial charge in [-0.3, -0.25) is 4.99 Å². The van der Waals surface area contributed by atoms with E-state index in [-0.39, 0.29) is 6.10 Å². The van der Waals surface area contributed by atoms with Gasteiger partial charge in [-0.15, -0.1) is 0 Å². The molecular formula is C22H29N3O3. The van der Waals surface area contributed by atoms with E-state index >= 15 is 0 Å². The summed E-state index contributed by atoms with van der Waals surface area (Å²) in [5.74, 6) is 2.42. The van der Waals surface area contributed by atoms with Crippen LogP contribution in [-0.2, 0) is 24.3 Å². The van der Waals surface area contributed by atoms with Crippen molar-refractivity contribution in [2.75, 3.05) is 20.4 Å². The maximum Gasteiger partial charge on any atom is 0.231 e. The summed E-state index contributed by atoms with van der Waals surface area (Å²) in [4.78, 5) is 4.30. The Morgan fingerprint density at radius 1 is 1.04 bits per heavy atom. The molecule has 1 aliphatic rings. The van der Waals surface area contributed by atoms with E-state index in [9.17, 15) is 0 Å². The lowest BCUT2D eigenvalue weighted by Crippen LogP contribution is -2.37. The largest absolute Gasteiger partial charge is 0.454 e. The fraction of sp³-hybridized carbons (Fsp3) is 0.409. The van der Waals surface area contributed by atoms with E-state index in [0.717, 1.165) is 30.4 Å². The second-order valence-electron chi connectivity index (χ2n) is 6.97. The number of ether oxygens (including phenoxy) is 3. The number of rotatable bonds is 8. The van der Waals surface area contributed by atoms with Gasteiger partial charge in [0.25, 0.3) is 0 Å². The molecule has 1 heterocycles. The predicted molar refractivity (Wildman–Crippen MR) is 111 cm³/mol. The third-order valence-corrected chi connectivity index (χ3v) is 4.40. The molecule has 0 aromatic heterocycles. The van der Waals surface area contributed by atoms with Gasteiger partial charge in [0.1, 0.15) is 0 Å². The van der Waals surface area contributed by atoms with E-state index in [4.69, 9.17) is 14.2 Å². The molecule has 2 aromatic carbocycles. The van der Waals surface area contributed by atoms with Gasteiger partial charge in [-0.1, -0.05) is 30.3 Å². The highest BCUT2D eigenvalue weighted by Crippen LogP contribution is 2.32. The Kier molecular flexibility index (Phi) is 7.14. The number of nitrogens with one attached hydrogen (secondary N) is 2. The van der Waals surface area contributed by atoms with E-state index in [1.165, 1.54) is 16.7 Å². The van der Waals surface area contributed by atoms with Gasteiger partial charge in [0.2, 0.25) is 6.79 Å². The van der Waals surface area contributed by atoms with Crippen LogP contribution >= 0.6 is 0 Å². The third-order valence-electron chi connectivity index (χ3n) is 4.40. The quantitative estimate of drug-likeness (QED) is 0.541. The van der Waals surface area contributed by atoms with E-state index in [2.05, 4.69) is 46.0 Å². The van der Waals surface area contributed by atoms with E-state index in [1.807, 2.05) is 26.0 Å². The van der Waals surface area contributed by atoms with Crippen molar-refractivity contribution in [2.24, 2.45) is 4.99 Å². The van der Waals surface area contributed by atoms with Crippen molar-refractivity contribution < 1.29 is 14.2 Å². The normalized spacial score (nSPS) is 13.1. The minimum atomic E-state index is 0.231. The van der Waals surface area contributed by atoms with Crippen LogP contribution < -0.4 is 20.1 Å². The zero-order valence-corrected chi connectivity index (χ0v) is 16.8. The molecular weight excluding hydrogens is 354 g/mol. The smallest absolute Gasteiger partial charge is 0.231 e. The van der Waals surface area contributed by atoms with Crippen LogP contribution in [0.2, 0.25) is 0 Å². The zero-order valence-electron chi connectivity index (χ0n) is 16.8. The van der Waals surface area contributed by atoms with Crippen molar-refractivity contribution in [1.29, 1.82) is 0 Å². The fourth-order valence-corrected chi connectivity index (χ4v) is 2.92. The summed E-state index contributed by atoms with van der Waals surface area (Å²) in [5, 5.41) is 6.71. The van der Waals surface area contributed by atoms with Crippen LogP contribution in [0.25, 0.3) is 0 Å². The number of hydrogen-bond acceptors (Lipinski definition) is 4. The molecule has 0 saturated heterocycles. The molecule has 0 aliphatic carbocycles. The van der Waals surface area contributed by atoms with Crippen LogP contribution in [0.1, 0.15) is 30.5 Å². The highest BCUT2D eigenvalue weighted by Gasteiger charge is 2.12. The number of nitrogens with zero attached hydrogens (tertiary/aromatic N) is 1. The van der Waals surface area contributed by atoms with Crippen molar-refractivity contribution in [1.82, 2.24) is 10.6 Å². The molecule has 150 valence electrons.